The molecular weight excluding hydrogens is 740 g/mol. The Morgan fingerprint density at radius 2 is 1.62 bits per heavy atom. The first-order valence-electron chi connectivity index (χ1n) is 11.7. The summed E-state index contributed by atoms with van der Waals surface area (Å²) in [7, 11) is 6.06. The Bertz CT molecular complexity index is 1710. The van der Waals surface area contributed by atoms with Gasteiger partial charge >= 0.3 is 24.2 Å². The number of benzene rings is 2. The van der Waals surface area contributed by atoms with Gasteiger partial charge in [-0.3, -0.25) is 14.5 Å². The number of nitrogens with one attached hydrogen (secondary N) is 1. The van der Waals surface area contributed by atoms with Crippen molar-refractivity contribution in [3.63, 3.8) is 0 Å². The van der Waals surface area contributed by atoms with Crippen molar-refractivity contribution in [3.05, 3.63) is 80.2 Å². The fourth-order valence-corrected chi connectivity index (χ4v) is 4.67. The molecule has 0 unspecified atom stereocenters. The van der Waals surface area contributed by atoms with Crippen LogP contribution in [0, 0.1) is 27.2 Å². The van der Waals surface area contributed by atoms with Crippen molar-refractivity contribution in [2.45, 2.75) is 24.2 Å². The number of pyridine rings is 1. The number of terminal acetylenes is 1. The van der Waals surface area contributed by atoms with Crippen molar-refractivity contribution < 1.29 is 53.5 Å². The first-order chi connectivity index (χ1) is 20.7. The molecule has 18 heteroatoms. The van der Waals surface area contributed by atoms with Gasteiger partial charge in [-0.15, -0.1) is 6.42 Å². The number of alkyl halides is 10. The van der Waals surface area contributed by atoms with Crippen LogP contribution in [-0.2, 0) is 11.8 Å². The van der Waals surface area contributed by atoms with Crippen LogP contribution in [0.25, 0.3) is 0 Å². The van der Waals surface area contributed by atoms with E-state index in [1.807, 2.05) is 0 Å². The van der Waals surface area contributed by atoms with E-state index in [0.717, 1.165) is 45.8 Å². The molecular formula is C27H12BF10IN4O2. The average Bonchev–Trinajstić information content (AvgIpc) is 2.94. The van der Waals surface area contributed by atoms with Crippen LogP contribution in [0.15, 0.2) is 48.7 Å². The summed E-state index contributed by atoms with van der Waals surface area (Å²) in [4.78, 5) is 30.9. The lowest BCUT2D eigenvalue weighted by Gasteiger charge is -2.31. The highest BCUT2D eigenvalue weighted by Gasteiger charge is 2.73. The van der Waals surface area contributed by atoms with Gasteiger partial charge in [-0.25, -0.2) is 9.37 Å². The zero-order valence-electron chi connectivity index (χ0n) is 21.8. The van der Waals surface area contributed by atoms with Crippen LogP contribution in [0.5, 0.6) is 0 Å². The van der Waals surface area contributed by atoms with E-state index < -0.39 is 80.0 Å². The maximum absolute atomic E-state index is 14.6. The minimum absolute atomic E-state index is 0.0249. The summed E-state index contributed by atoms with van der Waals surface area (Å²) in [6.45, 7) is -0.449. The summed E-state index contributed by atoms with van der Waals surface area (Å²) in [5, 5.41) is 10.7. The molecule has 2 aromatic carbocycles. The molecule has 45 heavy (non-hydrogen) atoms. The molecule has 0 aliphatic rings. The second-order valence-corrected chi connectivity index (χ2v) is 10.0. The SMILES string of the molecule is [B]c1c(C(=O)Nc2c(I)cc(C(F)(C(F)(F)F)C(F)(F)F)cc2C(F)(F)F)cccc1N(CC#C)C(=O)c1ccc(C#N)nc1. The van der Waals surface area contributed by atoms with Crippen molar-refractivity contribution in [2.75, 3.05) is 16.8 Å². The molecule has 0 fully saturated rings. The molecule has 0 atom stereocenters. The van der Waals surface area contributed by atoms with Gasteiger partial charge < -0.3 is 5.32 Å². The average molecular weight is 752 g/mol. The zero-order chi connectivity index (χ0) is 34.1. The van der Waals surface area contributed by atoms with Crippen molar-refractivity contribution in [3.8, 4) is 18.4 Å². The fourth-order valence-electron chi connectivity index (χ4n) is 3.91. The third-order valence-electron chi connectivity index (χ3n) is 6.05. The maximum atomic E-state index is 14.6. The fraction of sp³-hybridized carbons (Fsp3) is 0.185. The molecule has 0 saturated carbocycles. The molecule has 2 amide bonds. The summed E-state index contributed by atoms with van der Waals surface area (Å²) in [6, 6.07) is 6.72. The highest BCUT2D eigenvalue weighted by molar-refractivity contribution is 14.1. The molecule has 6 nitrogen and oxygen atoms in total. The van der Waals surface area contributed by atoms with Gasteiger partial charge in [0.25, 0.3) is 11.8 Å². The van der Waals surface area contributed by atoms with Crippen molar-refractivity contribution in [1.29, 1.82) is 5.26 Å². The van der Waals surface area contributed by atoms with E-state index in [1.165, 1.54) is 18.2 Å². The molecule has 0 aliphatic heterocycles. The number of nitrogens with zero attached hydrogens (tertiary/aromatic N) is 3. The van der Waals surface area contributed by atoms with Crippen LogP contribution >= 0.6 is 22.6 Å². The van der Waals surface area contributed by atoms with Gasteiger partial charge in [-0.1, -0.05) is 17.4 Å². The van der Waals surface area contributed by atoms with Gasteiger partial charge in [0.1, 0.15) is 19.6 Å². The second-order valence-electron chi connectivity index (χ2n) is 8.86. The second kappa shape index (κ2) is 12.6. The molecule has 1 N–H and O–H groups in total. The topological polar surface area (TPSA) is 86.1 Å². The van der Waals surface area contributed by atoms with Crippen LogP contribution in [-0.4, -0.2) is 43.5 Å². The smallest absolute Gasteiger partial charge is 0.320 e. The highest BCUT2D eigenvalue weighted by Crippen LogP contribution is 2.54. The Kier molecular flexibility index (Phi) is 9.83. The number of hydrogen-bond acceptors (Lipinski definition) is 4. The maximum Gasteiger partial charge on any atom is 0.435 e. The van der Waals surface area contributed by atoms with Crippen LogP contribution in [0.4, 0.5) is 55.3 Å². The molecule has 232 valence electrons. The van der Waals surface area contributed by atoms with E-state index in [9.17, 15) is 53.5 Å². The Labute approximate surface area is 262 Å². The Hall–Kier alpha value is -4.33. The number of carbonyl (C=O) groups excluding carboxylic acids is 2. The van der Waals surface area contributed by atoms with E-state index in [-0.39, 0.29) is 23.0 Å². The Balaban J connectivity index is 2.11. The predicted octanol–water partition coefficient (Wildman–Crippen LogP) is 6.19. The van der Waals surface area contributed by atoms with Gasteiger partial charge in [0.15, 0.2) is 0 Å². The number of halogens is 11. The summed E-state index contributed by atoms with van der Waals surface area (Å²) < 4.78 is 135. The molecule has 3 aromatic rings. The van der Waals surface area contributed by atoms with Gasteiger partial charge in [0.05, 0.1) is 23.4 Å². The van der Waals surface area contributed by atoms with Crippen LogP contribution in [0.1, 0.15) is 37.5 Å². The standard InChI is InChI=1S/C27H12BF10IN4O2/c1-2-8-43(23(45)13-6-7-15(11-40)41-12-13)19-5-3-4-16(20(19)28)22(44)42-21-17(25(30,31)32)9-14(10-18(21)39)24(29,26(33,34)35)27(36,37)38/h1,3-7,9-10,12H,8H2,(H,42,44). The lowest BCUT2D eigenvalue weighted by atomic mass is 9.87. The minimum Gasteiger partial charge on any atom is -0.320 e. The van der Waals surface area contributed by atoms with E-state index in [4.69, 9.17) is 19.5 Å². The first-order valence-corrected chi connectivity index (χ1v) is 12.8. The van der Waals surface area contributed by atoms with E-state index in [0.29, 0.717) is 0 Å². The van der Waals surface area contributed by atoms with Crippen molar-refractivity contribution in [2.24, 2.45) is 0 Å². The lowest BCUT2D eigenvalue weighted by Crippen LogP contribution is -2.50. The number of anilines is 2. The van der Waals surface area contributed by atoms with E-state index >= 15 is 0 Å². The molecule has 1 heterocycles. The number of aromatic nitrogens is 1. The quantitative estimate of drug-likeness (QED) is 0.141. The van der Waals surface area contributed by atoms with Crippen LogP contribution in [0.3, 0.4) is 0 Å². The Morgan fingerprint density at radius 3 is 2.11 bits per heavy atom. The minimum atomic E-state index is -6.70. The lowest BCUT2D eigenvalue weighted by molar-refractivity contribution is -0.348. The predicted molar refractivity (Wildman–Crippen MR) is 148 cm³/mol. The van der Waals surface area contributed by atoms with Gasteiger partial charge in [0, 0.05) is 26.6 Å². The van der Waals surface area contributed by atoms with Crippen LogP contribution < -0.4 is 15.7 Å². The molecule has 0 saturated heterocycles. The molecule has 0 spiro atoms. The summed E-state index contributed by atoms with van der Waals surface area (Å²) in [5.41, 5.74) is -13.5. The first kappa shape index (κ1) is 35.2. The van der Waals surface area contributed by atoms with Crippen molar-refractivity contribution in [1.82, 2.24) is 4.98 Å². The number of rotatable bonds is 6. The number of carbonyl (C=O) groups is 2. The van der Waals surface area contributed by atoms with E-state index in [2.05, 4.69) is 10.9 Å². The third kappa shape index (κ3) is 6.85. The zero-order valence-corrected chi connectivity index (χ0v) is 24.0. The van der Waals surface area contributed by atoms with Crippen LogP contribution in [0.2, 0.25) is 0 Å². The summed E-state index contributed by atoms with van der Waals surface area (Å²) >= 11 is 0.909. The molecule has 1 aromatic heterocycles. The summed E-state index contributed by atoms with van der Waals surface area (Å²) in [6.07, 6.45) is -12.7. The molecule has 0 aliphatic carbocycles. The van der Waals surface area contributed by atoms with Gasteiger partial charge in [0.2, 0.25) is 0 Å². The number of amides is 2. The van der Waals surface area contributed by atoms with Crippen molar-refractivity contribution >= 4 is 59.1 Å². The van der Waals surface area contributed by atoms with E-state index in [1.54, 1.807) is 11.4 Å². The summed E-state index contributed by atoms with van der Waals surface area (Å²) in [5.74, 6) is -0.0656. The third-order valence-corrected chi connectivity index (χ3v) is 6.90. The molecule has 3 rings (SSSR count). The number of hydrogen-bond donors (Lipinski definition) is 1. The molecule has 2 radical (unpaired) electrons. The monoisotopic (exact) mass is 752 g/mol. The van der Waals surface area contributed by atoms with Gasteiger partial charge in [-0.05, 0) is 59.0 Å². The number of nitriles is 1. The largest absolute Gasteiger partial charge is 0.435 e. The highest BCUT2D eigenvalue weighted by atomic mass is 127. The normalized spacial score (nSPS) is 12.2. The Morgan fingerprint density at radius 1 is 1.00 bits per heavy atom. The molecule has 0 bridgehead atoms. The van der Waals surface area contributed by atoms with Gasteiger partial charge in [-0.2, -0.15) is 44.8 Å².